The molecule has 1 unspecified atom stereocenters. The van der Waals surface area contributed by atoms with Gasteiger partial charge in [0.05, 0.1) is 21.8 Å². The largest absolute Gasteiger partial charge is 0.440 e. The van der Waals surface area contributed by atoms with Crippen molar-refractivity contribution in [3.05, 3.63) is 52.8 Å². The van der Waals surface area contributed by atoms with Crippen LogP contribution in [0.25, 0.3) is 5.95 Å². The number of rotatable bonds is 7. The molecule has 3 aromatic rings. The number of amides is 2. The van der Waals surface area contributed by atoms with Crippen molar-refractivity contribution in [2.45, 2.75) is 24.2 Å². The lowest BCUT2D eigenvalue weighted by Crippen LogP contribution is -2.33. The van der Waals surface area contributed by atoms with Crippen molar-refractivity contribution >= 4 is 50.9 Å². The zero-order valence-corrected chi connectivity index (χ0v) is 19.0. The van der Waals surface area contributed by atoms with Crippen LogP contribution in [-0.2, 0) is 0 Å². The van der Waals surface area contributed by atoms with Gasteiger partial charge in [-0.05, 0) is 35.0 Å². The van der Waals surface area contributed by atoms with Gasteiger partial charge in [0.2, 0.25) is 0 Å². The van der Waals surface area contributed by atoms with E-state index in [0.29, 0.717) is 5.82 Å². The fourth-order valence-corrected chi connectivity index (χ4v) is 2.91. The molecule has 0 saturated carbocycles. The average Bonchev–Trinajstić information content (AvgIpc) is 3.22. The Hall–Kier alpha value is -2.64. The number of hydrogen-bond donors (Lipinski definition) is 2. The van der Waals surface area contributed by atoms with Gasteiger partial charge in [0.25, 0.3) is 11.0 Å². The van der Waals surface area contributed by atoms with E-state index < -0.39 is 29.0 Å². The molecule has 0 aliphatic rings. The number of ether oxygens (including phenoxy) is 1. The fraction of sp³-hybridized carbons (Fsp3) is 0.235. The molecule has 0 radical (unpaired) electrons. The molecule has 0 spiro atoms. The van der Waals surface area contributed by atoms with Gasteiger partial charge in [-0.1, -0.05) is 23.2 Å². The zero-order valence-electron chi connectivity index (χ0n) is 15.9. The van der Waals surface area contributed by atoms with Gasteiger partial charge >= 0.3 is 12.1 Å². The Balaban J connectivity index is 1.71. The van der Waals surface area contributed by atoms with E-state index in [1.54, 1.807) is 13.0 Å². The summed E-state index contributed by atoms with van der Waals surface area (Å²) in [6, 6.07) is 2.30. The molecule has 2 heterocycles. The van der Waals surface area contributed by atoms with E-state index in [4.69, 9.17) is 23.2 Å². The third-order valence-corrected chi connectivity index (χ3v) is 4.96. The summed E-state index contributed by atoms with van der Waals surface area (Å²) in [4.78, 5) is 24.7. The molecular weight excluding hydrogens is 542 g/mol. The molecule has 32 heavy (non-hydrogen) atoms. The van der Waals surface area contributed by atoms with Crippen LogP contribution in [-0.4, -0.2) is 42.0 Å². The first kappa shape index (κ1) is 24.0. The van der Waals surface area contributed by atoms with E-state index in [2.05, 4.69) is 51.4 Å². The van der Waals surface area contributed by atoms with E-state index in [1.165, 1.54) is 23.4 Å². The molecule has 0 bridgehead atoms. The molecule has 2 aromatic heterocycles. The Morgan fingerprint density at radius 2 is 1.91 bits per heavy atom. The number of alkyl halides is 4. The second-order valence-corrected chi connectivity index (χ2v) is 7.74. The van der Waals surface area contributed by atoms with Crippen LogP contribution in [0, 0.1) is 0 Å². The van der Waals surface area contributed by atoms with Gasteiger partial charge < -0.3 is 15.4 Å². The highest BCUT2D eigenvalue weighted by Gasteiger charge is 2.42. The van der Waals surface area contributed by atoms with Gasteiger partial charge in [0, 0.05) is 18.5 Å². The predicted molar refractivity (Wildman–Crippen MR) is 113 cm³/mol. The first-order valence-electron chi connectivity index (χ1n) is 8.67. The normalized spacial score (nSPS) is 13.3. The van der Waals surface area contributed by atoms with Crippen LogP contribution in [0.1, 0.15) is 18.8 Å². The number of carbonyl (C=O) groups is 1. The molecule has 2 atom stereocenters. The van der Waals surface area contributed by atoms with E-state index in [1.807, 2.05) is 0 Å². The van der Waals surface area contributed by atoms with E-state index in [0.717, 1.165) is 12.1 Å². The molecular formula is C17H13BrCl2F3N7O2. The Labute approximate surface area is 197 Å². The summed E-state index contributed by atoms with van der Waals surface area (Å²) in [7, 11) is 0. The third kappa shape index (κ3) is 5.58. The second kappa shape index (κ2) is 9.88. The molecule has 15 heteroatoms. The molecule has 2 N–H and O–H groups in total. The maximum absolute atomic E-state index is 13.4. The van der Waals surface area contributed by atoms with Crippen molar-refractivity contribution in [1.29, 1.82) is 0 Å². The number of hydrogen-bond acceptors (Lipinski definition) is 6. The fourth-order valence-electron chi connectivity index (χ4n) is 2.41. The maximum atomic E-state index is 13.4. The lowest BCUT2D eigenvalue weighted by atomic mass is 10.3. The highest BCUT2D eigenvalue weighted by molar-refractivity contribution is 9.09. The monoisotopic (exact) mass is 553 g/mol. The number of benzene rings is 1. The molecule has 9 nitrogen and oxygen atoms in total. The summed E-state index contributed by atoms with van der Waals surface area (Å²) in [5, 5.41) is 5.83. The first-order valence-corrected chi connectivity index (χ1v) is 10.3. The maximum Gasteiger partial charge on any atom is 0.440 e. The summed E-state index contributed by atoms with van der Waals surface area (Å²) in [5.41, 5.74) is 0.000494. The minimum atomic E-state index is -4.19. The summed E-state index contributed by atoms with van der Waals surface area (Å²) in [5.74, 6) is 0.0336. The minimum Gasteiger partial charge on any atom is -0.428 e. The van der Waals surface area contributed by atoms with Crippen LogP contribution in [0.3, 0.4) is 0 Å². The number of nitrogens with zero attached hydrogens (tertiary/aromatic N) is 5. The number of aromatic nitrogens is 5. The topological polar surface area (TPSA) is 107 Å². The molecule has 170 valence electrons. The molecule has 1 aromatic carbocycles. The first-order chi connectivity index (χ1) is 15.1. The lowest BCUT2D eigenvalue weighted by molar-refractivity contribution is -0.195. The molecule has 3 rings (SSSR count). The van der Waals surface area contributed by atoms with Crippen LogP contribution in [0.2, 0.25) is 10.0 Å². The van der Waals surface area contributed by atoms with Crippen molar-refractivity contribution in [2.75, 3.05) is 5.32 Å². The van der Waals surface area contributed by atoms with Gasteiger partial charge in [-0.3, -0.25) is 0 Å². The SMILES string of the molecule is C[C@H](NC(=O)Nc1cc(Cl)c(OC(F)(F)C(F)Br)cc1Cl)c1ncnn1-c1ncccn1. The van der Waals surface area contributed by atoms with Crippen molar-refractivity contribution in [3.63, 3.8) is 0 Å². The summed E-state index contributed by atoms with van der Waals surface area (Å²) in [6.45, 7) is 1.64. The van der Waals surface area contributed by atoms with Gasteiger partial charge in [-0.15, -0.1) is 0 Å². The molecule has 2 amide bonds. The van der Waals surface area contributed by atoms with Crippen molar-refractivity contribution in [1.82, 2.24) is 30.0 Å². The smallest absolute Gasteiger partial charge is 0.428 e. The van der Waals surface area contributed by atoms with E-state index in [9.17, 15) is 18.0 Å². The standard InChI is InChI=1S/C17H13BrCl2F3N7O2/c1-8(13-26-7-27-30(13)15-24-3-2-4-25-15)28-16(31)29-11-5-10(20)12(6-9(11)19)32-17(22,23)14(18)21/h2-8,14H,1H3,(H2,28,29,31)/t8-,14?/m0/s1. The molecule has 0 aliphatic heterocycles. The van der Waals surface area contributed by atoms with Gasteiger partial charge in [0.15, 0.2) is 5.82 Å². The van der Waals surface area contributed by atoms with E-state index in [-0.39, 0.29) is 21.7 Å². The van der Waals surface area contributed by atoms with Crippen molar-refractivity contribution in [3.8, 4) is 11.7 Å². The van der Waals surface area contributed by atoms with Crippen LogP contribution in [0.4, 0.5) is 23.7 Å². The highest BCUT2D eigenvalue weighted by Crippen LogP contribution is 2.38. The summed E-state index contributed by atoms with van der Waals surface area (Å²) < 4.78 is 45.4. The minimum absolute atomic E-state index is 0.000494. The third-order valence-electron chi connectivity index (χ3n) is 3.82. The van der Waals surface area contributed by atoms with Gasteiger partial charge in [0.1, 0.15) is 12.1 Å². The average molecular weight is 555 g/mol. The van der Waals surface area contributed by atoms with Crippen molar-refractivity contribution < 1.29 is 22.7 Å². The molecule has 0 saturated heterocycles. The second-order valence-electron chi connectivity index (χ2n) is 6.13. The number of nitrogens with one attached hydrogen (secondary N) is 2. The molecule has 0 aliphatic carbocycles. The quantitative estimate of drug-likeness (QED) is 0.402. The van der Waals surface area contributed by atoms with E-state index >= 15 is 0 Å². The number of anilines is 1. The Kier molecular flexibility index (Phi) is 7.41. The Bertz CT molecular complexity index is 1110. The predicted octanol–water partition coefficient (Wildman–Crippen LogP) is 4.91. The van der Waals surface area contributed by atoms with Crippen LogP contribution >= 0.6 is 39.1 Å². The summed E-state index contributed by atoms with van der Waals surface area (Å²) in [6.07, 6.45) is 0.146. The lowest BCUT2D eigenvalue weighted by Gasteiger charge is -2.20. The zero-order chi connectivity index (χ0) is 23.5. The Morgan fingerprint density at radius 1 is 1.22 bits per heavy atom. The van der Waals surface area contributed by atoms with Crippen LogP contribution in [0.15, 0.2) is 36.9 Å². The Morgan fingerprint density at radius 3 is 2.56 bits per heavy atom. The van der Waals surface area contributed by atoms with Crippen molar-refractivity contribution in [2.24, 2.45) is 0 Å². The highest BCUT2D eigenvalue weighted by atomic mass is 79.9. The number of urea groups is 1. The summed E-state index contributed by atoms with van der Waals surface area (Å²) >= 11 is 14.0. The molecule has 0 fully saturated rings. The van der Waals surface area contributed by atoms with Crippen LogP contribution < -0.4 is 15.4 Å². The number of halogens is 6. The van der Waals surface area contributed by atoms with Gasteiger partial charge in [-0.25, -0.2) is 24.1 Å². The number of carbonyl (C=O) groups excluding carboxylic acids is 1. The van der Waals surface area contributed by atoms with Gasteiger partial charge in [-0.2, -0.15) is 18.6 Å². The van der Waals surface area contributed by atoms with Crippen LogP contribution in [0.5, 0.6) is 5.75 Å².